The SMILES string of the molecule is COc1cccc(CN[C@@H](C)c2ccccc2Cl)c1. The standard InChI is InChI=1S/C16H18ClNO/c1-12(15-8-3-4-9-16(15)17)18-11-13-6-5-7-14(10-13)19-2/h3-10,12,18H,11H2,1-2H3/t12-/m0/s1. The minimum absolute atomic E-state index is 0.208. The van der Waals surface area contributed by atoms with Crippen LogP contribution in [0.25, 0.3) is 0 Å². The predicted octanol–water partition coefficient (Wildman–Crippen LogP) is 4.20. The molecule has 0 heterocycles. The van der Waals surface area contributed by atoms with E-state index < -0.39 is 0 Å². The van der Waals surface area contributed by atoms with E-state index >= 15 is 0 Å². The van der Waals surface area contributed by atoms with Crippen LogP contribution in [0.2, 0.25) is 5.02 Å². The van der Waals surface area contributed by atoms with Crippen molar-refractivity contribution in [2.75, 3.05) is 7.11 Å². The van der Waals surface area contributed by atoms with Crippen molar-refractivity contribution in [2.45, 2.75) is 19.5 Å². The summed E-state index contributed by atoms with van der Waals surface area (Å²) < 4.78 is 5.22. The Labute approximate surface area is 119 Å². The third-order valence-corrected chi connectivity index (χ3v) is 3.46. The lowest BCUT2D eigenvalue weighted by Crippen LogP contribution is -2.18. The van der Waals surface area contributed by atoms with E-state index in [0.29, 0.717) is 0 Å². The minimum atomic E-state index is 0.208. The molecule has 1 N–H and O–H groups in total. The number of hydrogen-bond acceptors (Lipinski definition) is 2. The number of hydrogen-bond donors (Lipinski definition) is 1. The molecule has 19 heavy (non-hydrogen) atoms. The molecule has 0 aromatic heterocycles. The van der Waals surface area contributed by atoms with E-state index in [4.69, 9.17) is 16.3 Å². The maximum Gasteiger partial charge on any atom is 0.119 e. The van der Waals surface area contributed by atoms with Gasteiger partial charge in [0, 0.05) is 17.6 Å². The number of halogens is 1. The van der Waals surface area contributed by atoms with Gasteiger partial charge < -0.3 is 10.1 Å². The predicted molar refractivity (Wildman–Crippen MR) is 79.7 cm³/mol. The number of methoxy groups -OCH3 is 1. The molecule has 0 fully saturated rings. The van der Waals surface area contributed by atoms with Crippen LogP contribution in [0.3, 0.4) is 0 Å². The summed E-state index contributed by atoms with van der Waals surface area (Å²) in [5.41, 5.74) is 2.31. The summed E-state index contributed by atoms with van der Waals surface area (Å²) in [5.74, 6) is 0.879. The third kappa shape index (κ3) is 3.72. The molecule has 100 valence electrons. The number of rotatable bonds is 5. The Morgan fingerprint density at radius 3 is 2.68 bits per heavy atom. The molecule has 0 aliphatic rings. The van der Waals surface area contributed by atoms with Crippen molar-refractivity contribution in [1.29, 1.82) is 0 Å². The van der Waals surface area contributed by atoms with Crippen LogP contribution in [0.1, 0.15) is 24.1 Å². The molecular formula is C16H18ClNO. The Morgan fingerprint density at radius 2 is 1.95 bits per heavy atom. The van der Waals surface area contributed by atoms with Gasteiger partial charge in [0.25, 0.3) is 0 Å². The molecule has 0 aliphatic heterocycles. The lowest BCUT2D eigenvalue weighted by Gasteiger charge is -2.16. The first-order chi connectivity index (χ1) is 9.20. The highest BCUT2D eigenvalue weighted by Gasteiger charge is 2.08. The quantitative estimate of drug-likeness (QED) is 0.883. The van der Waals surface area contributed by atoms with E-state index in [1.54, 1.807) is 7.11 Å². The van der Waals surface area contributed by atoms with Crippen molar-refractivity contribution in [1.82, 2.24) is 5.32 Å². The molecular weight excluding hydrogens is 258 g/mol. The van der Waals surface area contributed by atoms with E-state index in [0.717, 1.165) is 22.9 Å². The monoisotopic (exact) mass is 275 g/mol. The Hall–Kier alpha value is -1.51. The normalized spacial score (nSPS) is 12.2. The van der Waals surface area contributed by atoms with E-state index in [-0.39, 0.29) is 6.04 Å². The maximum atomic E-state index is 6.19. The van der Waals surface area contributed by atoms with Crippen LogP contribution >= 0.6 is 11.6 Å². The average Bonchev–Trinajstić information content (AvgIpc) is 2.45. The van der Waals surface area contributed by atoms with Crippen molar-refractivity contribution >= 4 is 11.6 Å². The van der Waals surface area contributed by atoms with Crippen LogP contribution in [0.15, 0.2) is 48.5 Å². The smallest absolute Gasteiger partial charge is 0.119 e. The molecule has 2 rings (SSSR count). The second-order valence-corrected chi connectivity index (χ2v) is 4.88. The Bertz CT molecular complexity index is 542. The van der Waals surface area contributed by atoms with Crippen LogP contribution in [0, 0.1) is 0 Å². The number of benzene rings is 2. The molecule has 2 aromatic rings. The third-order valence-electron chi connectivity index (χ3n) is 3.12. The molecule has 0 spiro atoms. The van der Waals surface area contributed by atoms with Crippen molar-refractivity contribution in [2.24, 2.45) is 0 Å². The van der Waals surface area contributed by atoms with E-state index in [2.05, 4.69) is 18.3 Å². The topological polar surface area (TPSA) is 21.3 Å². The fourth-order valence-electron chi connectivity index (χ4n) is 1.99. The van der Waals surface area contributed by atoms with E-state index in [1.165, 1.54) is 5.56 Å². The summed E-state index contributed by atoms with van der Waals surface area (Å²) in [6, 6.07) is 16.2. The zero-order chi connectivity index (χ0) is 13.7. The summed E-state index contributed by atoms with van der Waals surface area (Å²) in [6.45, 7) is 2.89. The van der Waals surface area contributed by atoms with Crippen LogP contribution in [0.4, 0.5) is 0 Å². The van der Waals surface area contributed by atoms with Crippen molar-refractivity contribution in [3.05, 3.63) is 64.7 Å². The fourth-order valence-corrected chi connectivity index (χ4v) is 2.29. The first-order valence-corrected chi connectivity index (χ1v) is 6.69. The average molecular weight is 276 g/mol. The number of ether oxygens (including phenoxy) is 1. The summed E-state index contributed by atoms with van der Waals surface area (Å²) in [4.78, 5) is 0. The van der Waals surface area contributed by atoms with Gasteiger partial charge in [-0.15, -0.1) is 0 Å². The molecule has 2 aromatic carbocycles. The molecule has 0 saturated carbocycles. The highest BCUT2D eigenvalue weighted by Crippen LogP contribution is 2.22. The molecule has 1 atom stereocenters. The molecule has 2 nitrogen and oxygen atoms in total. The lowest BCUT2D eigenvalue weighted by molar-refractivity contribution is 0.414. The molecule has 0 aliphatic carbocycles. The van der Waals surface area contributed by atoms with Crippen molar-refractivity contribution in [3.63, 3.8) is 0 Å². The van der Waals surface area contributed by atoms with Gasteiger partial charge in [0.15, 0.2) is 0 Å². The fraction of sp³-hybridized carbons (Fsp3) is 0.250. The molecule has 0 unspecified atom stereocenters. The highest BCUT2D eigenvalue weighted by atomic mass is 35.5. The second kappa shape index (κ2) is 6.60. The van der Waals surface area contributed by atoms with Crippen LogP contribution < -0.4 is 10.1 Å². The number of nitrogens with one attached hydrogen (secondary N) is 1. The van der Waals surface area contributed by atoms with Gasteiger partial charge in [0.05, 0.1) is 7.11 Å². The zero-order valence-corrected chi connectivity index (χ0v) is 11.9. The van der Waals surface area contributed by atoms with Crippen LogP contribution in [-0.2, 0) is 6.54 Å². The van der Waals surface area contributed by atoms with Crippen molar-refractivity contribution in [3.8, 4) is 5.75 Å². The van der Waals surface area contributed by atoms with E-state index in [9.17, 15) is 0 Å². The molecule has 0 saturated heterocycles. The van der Waals surface area contributed by atoms with Gasteiger partial charge in [-0.2, -0.15) is 0 Å². The molecule has 3 heteroatoms. The summed E-state index contributed by atoms with van der Waals surface area (Å²) >= 11 is 6.19. The van der Waals surface area contributed by atoms with E-state index in [1.807, 2.05) is 42.5 Å². The van der Waals surface area contributed by atoms with Gasteiger partial charge >= 0.3 is 0 Å². The van der Waals surface area contributed by atoms with Crippen LogP contribution in [-0.4, -0.2) is 7.11 Å². The Kier molecular flexibility index (Phi) is 4.83. The van der Waals surface area contributed by atoms with Gasteiger partial charge in [0.1, 0.15) is 5.75 Å². The molecule has 0 radical (unpaired) electrons. The van der Waals surface area contributed by atoms with Gasteiger partial charge in [-0.05, 0) is 36.2 Å². The first kappa shape index (κ1) is 13.9. The summed E-state index contributed by atoms with van der Waals surface area (Å²) in [7, 11) is 1.68. The summed E-state index contributed by atoms with van der Waals surface area (Å²) in [5, 5.41) is 4.27. The van der Waals surface area contributed by atoms with Crippen molar-refractivity contribution < 1.29 is 4.74 Å². The summed E-state index contributed by atoms with van der Waals surface area (Å²) in [6.07, 6.45) is 0. The molecule has 0 bridgehead atoms. The van der Waals surface area contributed by atoms with Gasteiger partial charge in [-0.1, -0.05) is 41.9 Å². The van der Waals surface area contributed by atoms with Crippen LogP contribution in [0.5, 0.6) is 5.75 Å². The van der Waals surface area contributed by atoms with Gasteiger partial charge in [0.2, 0.25) is 0 Å². The highest BCUT2D eigenvalue weighted by molar-refractivity contribution is 6.31. The lowest BCUT2D eigenvalue weighted by atomic mass is 10.1. The largest absolute Gasteiger partial charge is 0.497 e. The maximum absolute atomic E-state index is 6.19. The minimum Gasteiger partial charge on any atom is -0.497 e. The Balaban J connectivity index is 2.00. The Morgan fingerprint density at radius 1 is 1.16 bits per heavy atom. The molecule has 0 amide bonds. The second-order valence-electron chi connectivity index (χ2n) is 4.48. The first-order valence-electron chi connectivity index (χ1n) is 6.31. The zero-order valence-electron chi connectivity index (χ0n) is 11.2. The van der Waals surface area contributed by atoms with Gasteiger partial charge in [-0.3, -0.25) is 0 Å². The van der Waals surface area contributed by atoms with Gasteiger partial charge in [-0.25, -0.2) is 0 Å².